The molecule has 1 aromatic carbocycles. The van der Waals surface area contributed by atoms with E-state index in [1.54, 1.807) is 0 Å². The van der Waals surface area contributed by atoms with Crippen molar-refractivity contribution in [2.75, 3.05) is 24.6 Å². The first-order valence-electron chi connectivity index (χ1n) is 6.23. The molecular weight excluding hydrogens is 226 g/mol. The number of rotatable bonds is 2. The largest absolute Gasteiger partial charge is 0.384 e. The minimum Gasteiger partial charge on any atom is -0.384 e. The molecule has 0 aromatic heterocycles. The third kappa shape index (κ3) is 2.64. The van der Waals surface area contributed by atoms with Crippen molar-refractivity contribution in [1.29, 1.82) is 5.41 Å². The van der Waals surface area contributed by atoms with Crippen LogP contribution in [0.2, 0.25) is 0 Å². The van der Waals surface area contributed by atoms with Gasteiger partial charge in [-0.25, -0.2) is 0 Å². The minimum atomic E-state index is -0.157. The lowest BCUT2D eigenvalue weighted by Gasteiger charge is -2.40. The van der Waals surface area contributed by atoms with Crippen LogP contribution in [-0.4, -0.2) is 31.1 Å². The second-order valence-corrected chi connectivity index (χ2v) is 5.46. The summed E-state index contributed by atoms with van der Waals surface area (Å²) < 4.78 is 5.72. The molecule has 1 aromatic rings. The van der Waals surface area contributed by atoms with Crippen LogP contribution < -0.4 is 10.6 Å². The number of nitrogens with zero attached hydrogens (tertiary/aromatic N) is 1. The first kappa shape index (κ1) is 12.9. The molecule has 1 fully saturated rings. The van der Waals surface area contributed by atoms with Crippen LogP contribution in [0.5, 0.6) is 0 Å². The minimum absolute atomic E-state index is 0.120. The number of ether oxygens (including phenoxy) is 1. The summed E-state index contributed by atoms with van der Waals surface area (Å²) in [6, 6.07) is 6.01. The summed E-state index contributed by atoms with van der Waals surface area (Å²) >= 11 is 0. The van der Waals surface area contributed by atoms with Crippen molar-refractivity contribution in [3.63, 3.8) is 0 Å². The molecule has 1 heterocycles. The highest BCUT2D eigenvalue weighted by Crippen LogP contribution is 2.27. The van der Waals surface area contributed by atoms with Crippen LogP contribution in [0.1, 0.15) is 25.0 Å². The third-order valence-electron chi connectivity index (χ3n) is 3.21. The van der Waals surface area contributed by atoms with E-state index in [0.717, 1.165) is 24.3 Å². The third-order valence-corrected chi connectivity index (χ3v) is 3.21. The highest BCUT2D eigenvalue weighted by Gasteiger charge is 2.28. The summed E-state index contributed by atoms with van der Waals surface area (Å²) in [4.78, 5) is 2.26. The van der Waals surface area contributed by atoms with Gasteiger partial charge >= 0.3 is 0 Å². The normalized spacial score (nSPS) is 18.7. The number of aryl methyl sites for hydroxylation is 1. The molecule has 0 bridgehead atoms. The van der Waals surface area contributed by atoms with Gasteiger partial charge in [-0.05, 0) is 38.5 Å². The van der Waals surface area contributed by atoms with Gasteiger partial charge in [0.2, 0.25) is 0 Å². The molecule has 4 heteroatoms. The van der Waals surface area contributed by atoms with Gasteiger partial charge in [-0.3, -0.25) is 5.41 Å². The van der Waals surface area contributed by atoms with Gasteiger partial charge in [-0.1, -0.05) is 6.07 Å². The van der Waals surface area contributed by atoms with Crippen LogP contribution >= 0.6 is 0 Å². The SMILES string of the molecule is Cc1ccc(C(=N)N)c(N2CCOC(C)(C)C2)c1. The number of hydrogen-bond donors (Lipinski definition) is 2. The quantitative estimate of drug-likeness (QED) is 0.619. The summed E-state index contributed by atoms with van der Waals surface area (Å²) in [6.45, 7) is 8.59. The van der Waals surface area contributed by atoms with Crippen molar-refractivity contribution >= 4 is 11.5 Å². The molecular formula is C14H21N3O. The van der Waals surface area contributed by atoms with Crippen molar-refractivity contribution in [1.82, 2.24) is 0 Å². The molecule has 3 N–H and O–H groups in total. The zero-order chi connectivity index (χ0) is 13.3. The molecule has 18 heavy (non-hydrogen) atoms. The topological polar surface area (TPSA) is 62.3 Å². The summed E-state index contributed by atoms with van der Waals surface area (Å²) in [5.74, 6) is 0.120. The molecule has 2 rings (SSSR count). The van der Waals surface area contributed by atoms with Crippen LogP contribution in [0.25, 0.3) is 0 Å². The van der Waals surface area contributed by atoms with E-state index in [1.165, 1.54) is 5.56 Å². The van der Waals surface area contributed by atoms with Crippen LogP contribution in [0.4, 0.5) is 5.69 Å². The number of hydrogen-bond acceptors (Lipinski definition) is 3. The van der Waals surface area contributed by atoms with Crippen LogP contribution in [-0.2, 0) is 4.74 Å². The van der Waals surface area contributed by atoms with E-state index in [9.17, 15) is 0 Å². The van der Waals surface area contributed by atoms with Crippen LogP contribution in [0.3, 0.4) is 0 Å². The fraction of sp³-hybridized carbons (Fsp3) is 0.500. The molecule has 0 amide bonds. The maximum Gasteiger partial charge on any atom is 0.124 e. The standard InChI is InChI=1S/C14H21N3O/c1-10-4-5-11(13(15)16)12(8-10)17-6-7-18-14(2,3)9-17/h4-5,8H,6-7,9H2,1-3H3,(H3,15,16). The van der Waals surface area contributed by atoms with E-state index >= 15 is 0 Å². The maximum atomic E-state index is 7.68. The number of morpholine rings is 1. The maximum absolute atomic E-state index is 7.68. The fourth-order valence-electron chi connectivity index (χ4n) is 2.35. The Morgan fingerprint density at radius 3 is 2.78 bits per heavy atom. The second-order valence-electron chi connectivity index (χ2n) is 5.46. The van der Waals surface area contributed by atoms with Gasteiger partial charge < -0.3 is 15.4 Å². The van der Waals surface area contributed by atoms with Gasteiger partial charge in [0.05, 0.1) is 12.2 Å². The smallest absolute Gasteiger partial charge is 0.124 e. The first-order chi connectivity index (χ1) is 8.39. The van der Waals surface area contributed by atoms with E-state index < -0.39 is 0 Å². The predicted molar refractivity (Wildman–Crippen MR) is 74.4 cm³/mol. The zero-order valence-electron chi connectivity index (χ0n) is 11.3. The number of nitrogens with two attached hydrogens (primary N) is 1. The van der Waals surface area contributed by atoms with E-state index in [1.807, 2.05) is 12.1 Å². The van der Waals surface area contributed by atoms with E-state index in [4.69, 9.17) is 15.9 Å². The molecule has 0 aliphatic carbocycles. The highest BCUT2D eigenvalue weighted by atomic mass is 16.5. The zero-order valence-corrected chi connectivity index (χ0v) is 11.3. The molecule has 0 saturated carbocycles. The Morgan fingerprint density at radius 2 is 2.17 bits per heavy atom. The Kier molecular flexibility index (Phi) is 3.30. The molecule has 0 atom stereocenters. The van der Waals surface area contributed by atoms with Crippen molar-refractivity contribution < 1.29 is 4.74 Å². The average Bonchev–Trinajstić information content (AvgIpc) is 2.27. The van der Waals surface area contributed by atoms with Gasteiger partial charge in [0.1, 0.15) is 5.84 Å². The number of nitrogens with one attached hydrogen (secondary N) is 1. The first-order valence-corrected chi connectivity index (χ1v) is 6.23. The molecule has 0 radical (unpaired) electrons. The van der Waals surface area contributed by atoms with Gasteiger partial charge in [0, 0.05) is 24.3 Å². The number of nitrogen functional groups attached to an aromatic ring is 1. The Labute approximate surface area is 108 Å². The van der Waals surface area contributed by atoms with Gasteiger partial charge in [-0.15, -0.1) is 0 Å². The summed E-state index contributed by atoms with van der Waals surface area (Å²) in [6.07, 6.45) is 0. The summed E-state index contributed by atoms with van der Waals surface area (Å²) in [5, 5.41) is 7.68. The molecule has 0 spiro atoms. The second kappa shape index (κ2) is 4.61. The summed E-state index contributed by atoms with van der Waals surface area (Å²) in [7, 11) is 0. The van der Waals surface area contributed by atoms with Crippen molar-refractivity contribution in [2.45, 2.75) is 26.4 Å². The predicted octanol–water partition coefficient (Wildman–Crippen LogP) is 1.89. The molecule has 1 saturated heterocycles. The van der Waals surface area contributed by atoms with E-state index in [2.05, 4.69) is 31.7 Å². The van der Waals surface area contributed by atoms with Crippen molar-refractivity contribution in [3.8, 4) is 0 Å². The van der Waals surface area contributed by atoms with Gasteiger partial charge in [-0.2, -0.15) is 0 Å². The molecule has 4 nitrogen and oxygen atoms in total. The lowest BCUT2D eigenvalue weighted by Crippen LogP contribution is -2.48. The van der Waals surface area contributed by atoms with Gasteiger partial charge in [0.15, 0.2) is 0 Å². The van der Waals surface area contributed by atoms with Crippen molar-refractivity contribution in [2.24, 2.45) is 5.73 Å². The lowest BCUT2D eigenvalue weighted by molar-refractivity contribution is -0.0277. The fourth-order valence-corrected chi connectivity index (χ4v) is 2.35. The molecule has 98 valence electrons. The monoisotopic (exact) mass is 247 g/mol. The molecule has 1 aliphatic rings. The number of amidine groups is 1. The van der Waals surface area contributed by atoms with Crippen LogP contribution in [0.15, 0.2) is 18.2 Å². The Bertz CT molecular complexity index is 468. The highest BCUT2D eigenvalue weighted by molar-refractivity contribution is 6.00. The average molecular weight is 247 g/mol. The van der Waals surface area contributed by atoms with Gasteiger partial charge in [0.25, 0.3) is 0 Å². The van der Waals surface area contributed by atoms with Crippen molar-refractivity contribution in [3.05, 3.63) is 29.3 Å². The number of anilines is 1. The lowest BCUT2D eigenvalue weighted by atomic mass is 10.0. The Balaban J connectivity index is 2.37. The molecule has 1 aliphatic heterocycles. The summed E-state index contributed by atoms with van der Waals surface area (Å²) in [5.41, 5.74) is 8.53. The number of benzene rings is 1. The Morgan fingerprint density at radius 1 is 1.44 bits per heavy atom. The van der Waals surface area contributed by atoms with E-state index in [0.29, 0.717) is 6.61 Å². The Hall–Kier alpha value is -1.55. The van der Waals surface area contributed by atoms with E-state index in [-0.39, 0.29) is 11.4 Å². The van der Waals surface area contributed by atoms with Crippen LogP contribution in [0, 0.1) is 12.3 Å². The molecule has 0 unspecified atom stereocenters.